The average Bonchev–Trinajstić information content (AvgIpc) is 2.24. The molecule has 1 aliphatic heterocycles. The molecule has 1 aromatic carbocycles. The van der Waals surface area contributed by atoms with Gasteiger partial charge in [0, 0.05) is 6.54 Å². The summed E-state index contributed by atoms with van der Waals surface area (Å²) in [5, 5.41) is 2.83. The van der Waals surface area contributed by atoms with Crippen LogP contribution in [0.5, 0.6) is 0 Å². The van der Waals surface area contributed by atoms with Crippen molar-refractivity contribution in [2.75, 3.05) is 6.54 Å². The molecule has 3 nitrogen and oxygen atoms in total. The van der Waals surface area contributed by atoms with Gasteiger partial charge in [0.2, 0.25) is 5.91 Å². The van der Waals surface area contributed by atoms with Gasteiger partial charge < -0.3 is 11.1 Å². The monoisotopic (exact) mass is 204 g/mol. The summed E-state index contributed by atoms with van der Waals surface area (Å²) in [5.41, 5.74) is 6.54. The smallest absolute Gasteiger partial charge is 0.240 e. The zero-order valence-corrected chi connectivity index (χ0v) is 8.70. The Bertz CT molecular complexity index is 350. The van der Waals surface area contributed by atoms with E-state index >= 15 is 0 Å². The zero-order chi connectivity index (χ0) is 10.7. The minimum absolute atomic E-state index is 0.0161. The van der Waals surface area contributed by atoms with E-state index in [1.165, 1.54) is 0 Å². The van der Waals surface area contributed by atoms with Crippen LogP contribution in [0, 0.1) is 0 Å². The van der Waals surface area contributed by atoms with Crippen molar-refractivity contribution in [3.05, 3.63) is 35.9 Å². The number of amides is 1. The Hall–Kier alpha value is -1.35. The fourth-order valence-electron chi connectivity index (χ4n) is 2.02. The summed E-state index contributed by atoms with van der Waals surface area (Å²) in [5.74, 6) is -0.0161. The molecule has 1 heterocycles. The number of nitrogens with two attached hydrogens (primary N) is 1. The Morgan fingerprint density at radius 3 is 2.73 bits per heavy atom. The molecule has 1 amide bonds. The van der Waals surface area contributed by atoms with Crippen LogP contribution < -0.4 is 11.1 Å². The lowest BCUT2D eigenvalue weighted by Gasteiger charge is -2.32. The van der Waals surface area contributed by atoms with Gasteiger partial charge in [0.1, 0.15) is 0 Å². The Kier molecular flexibility index (Phi) is 2.73. The predicted molar refractivity (Wildman–Crippen MR) is 59.3 cm³/mol. The molecule has 1 saturated heterocycles. The number of rotatable bonds is 2. The molecule has 3 heteroatoms. The first-order valence-corrected chi connectivity index (χ1v) is 5.32. The molecule has 0 spiro atoms. The van der Waals surface area contributed by atoms with Gasteiger partial charge in [-0.1, -0.05) is 30.3 Å². The Morgan fingerprint density at radius 1 is 1.33 bits per heavy atom. The van der Waals surface area contributed by atoms with Crippen molar-refractivity contribution in [3.8, 4) is 0 Å². The fourth-order valence-corrected chi connectivity index (χ4v) is 2.02. The number of nitrogens with one attached hydrogen (secondary N) is 1. The molecule has 15 heavy (non-hydrogen) atoms. The lowest BCUT2D eigenvalue weighted by atomic mass is 9.84. The molecule has 0 bridgehead atoms. The van der Waals surface area contributed by atoms with Gasteiger partial charge in [-0.15, -0.1) is 0 Å². The van der Waals surface area contributed by atoms with Crippen LogP contribution in [0.1, 0.15) is 18.4 Å². The summed E-state index contributed by atoms with van der Waals surface area (Å²) in [6.45, 7) is 0.757. The van der Waals surface area contributed by atoms with E-state index in [-0.39, 0.29) is 5.91 Å². The van der Waals surface area contributed by atoms with Gasteiger partial charge in [0.05, 0.1) is 5.54 Å². The second kappa shape index (κ2) is 4.03. The molecule has 2 rings (SSSR count). The summed E-state index contributed by atoms with van der Waals surface area (Å²) in [7, 11) is 0. The van der Waals surface area contributed by atoms with Crippen LogP contribution in [0.15, 0.2) is 30.3 Å². The summed E-state index contributed by atoms with van der Waals surface area (Å²) in [6.07, 6.45) is 2.36. The maximum Gasteiger partial charge on any atom is 0.240 e. The van der Waals surface area contributed by atoms with E-state index in [4.69, 9.17) is 5.73 Å². The topological polar surface area (TPSA) is 55.1 Å². The summed E-state index contributed by atoms with van der Waals surface area (Å²) >= 11 is 0. The van der Waals surface area contributed by atoms with Gasteiger partial charge in [0.15, 0.2) is 0 Å². The van der Waals surface area contributed by atoms with Crippen molar-refractivity contribution in [1.29, 1.82) is 0 Å². The number of hydrogen-bond donors (Lipinski definition) is 2. The molecule has 0 aromatic heterocycles. The first kappa shape index (κ1) is 10.2. The van der Waals surface area contributed by atoms with Crippen molar-refractivity contribution >= 4 is 5.91 Å². The molecule has 1 atom stereocenters. The van der Waals surface area contributed by atoms with E-state index in [0.29, 0.717) is 6.42 Å². The van der Waals surface area contributed by atoms with Gasteiger partial charge in [-0.25, -0.2) is 0 Å². The Morgan fingerprint density at radius 2 is 2.07 bits per heavy atom. The number of piperidine rings is 1. The van der Waals surface area contributed by atoms with Crippen molar-refractivity contribution in [2.45, 2.75) is 24.8 Å². The van der Waals surface area contributed by atoms with Crippen molar-refractivity contribution < 1.29 is 4.79 Å². The van der Waals surface area contributed by atoms with Crippen LogP contribution in [0.25, 0.3) is 0 Å². The minimum Gasteiger partial charge on any atom is -0.354 e. The second-order valence-corrected chi connectivity index (χ2v) is 4.18. The van der Waals surface area contributed by atoms with Crippen molar-refractivity contribution in [2.24, 2.45) is 5.73 Å². The molecule has 1 fully saturated rings. The molecule has 80 valence electrons. The second-order valence-electron chi connectivity index (χ2n) is 4.18. The molecule has 0 saturated carbocycles. The molecule has 1 aromatic rings. The van der Waals surface area contributed by atoms with E-state index in [2.05, 4.69) is 5.32 Å². The number of hydrogen-bond acceptors (Lipinski definition) is 2. The molecular formula is C12H16N2O. The lowest BCUT2D eigenvalue weighted by molar-refractivity contribution is -0.128. The molecule has 0 aliphatic carbocycles. The van der Waals surface area contributed by atoms with Gasteiger partial charge in [-0.2, -0.15) is 0 Å². The highest BCUT2D eigenvalue weighted by molar-refractivity contribution is 5.87. The average molecular weight is 204 g/mol. The molecule has 0 radical (unpaired) electrons. The Balaban J connectivity index is 2.13. The quantitative estimate of drug-likeness (QED) is 0.750. The maximum absolute atomic E-state index is 11.7. The molecule has 1 unspecified atom stereocenters. The number of benzene rings is 1. The predicted octanol–water partition coefficient (Wildman–Crippen LogP) is 0.837. The van der Waals surface area contributed by atoms with Gasteiger partial charge in [-0.3, -0.25) is 4.79 Å². The van der Waals surface area contributed by atoms with Crippen LogP contribution in [0.3, 0.4) is 0 Å². The van der Waals surface area contributed by atoms with Crippen LogP contribution in [-0.4, -0.2) is 18.0 Å². The first-order chi connectivity index (χ1) is 7.21. The van der Waals surface area contributed by atoms with E-state index in [0.717, 1.165) is 24.9 Å². The van der Waals surface area contributed by atoms with E-state index in [1.54, 1.807) is 0 Å². The number of carbonyl (C=O) groups is 1. The van der Waals surface area contributed by atoms with Crippen LogP contribution >= 0.6 is 0 Å². The van der Waals surface area contributed by atoms with Crippen molar-refractivity contribution in [1.82, 2.24) is 5.32 Å². The van der Waals surface area contributed by atoms with E-state index in [9.17, 15) is 4.79 Å². The van der Waals surface area contributed by atoms with Crippen LogP contribution in [-0.2, 0) is 11.2 Å². The standard InChI is InChI=1S/C12H16N2O/c13-12(7-4-8-14-11(12)15)9-10-5-2-1-3-6-10/h1-3,5-6H,4,7-9,13H2,(H,14,15). The summed E-state index contributed by atoms with van der Waals surface area (Å²) in [6, 6.07) is 9.93. The Labute approximate surface area is 89.7 Å². The normalized spacial score (nSPS) is 26.1. The first-order valence-electron chi connectivity index (χ1n) is 5.32. The van der Waals surface area contributed by atoms with E-state index in [1.807, 2.05) is 30.3 Å². The van der Waals surface area contributed by atoms with Gasteiger partial charge >= 0.3 is 0 Å². The third-order valence-corrected chi connectivity index (χ3v) is 2.90. The highest BCUT2D eigenvalue weighted by Gasteiger charge is 2.35. The molecular weight excluding hydrogens is 188 g/mol. The summed E-state index contributed by atoms with van der Waals surface area (Å²) in [4.78, 5) is 11.7. The lowest BCUT2D eigenvalue weighted by Crippen LogP contribution is -2.58. The van der Waals surface area contributed by atoms with Gasteiger partial charge in [0.25, 0.3) is 0 Å². The van der Waals surface area contributed by atoms with Crippen molar-refractivity contribution in [3.63, 3.8) is 0 Å². The third kappa shape index (κ3) is 2.18. The minimum atomic E-state index is -0.709. The molecule has 1 aliphatic rings. The van der Waals surface area contributed by atoms with Crippen LogP contribution in [0.4, 0.5) is 0 Å². The van der Waals surface area contributed by atoms with Crippen LogP contribution in [0.2, 0.25) is 0 Å². The van der Waals surface area contributed by atoms with E-state index < -0.39 is 5.54 Å². The molecule has 3 N–H and O–H groups in total. The highest BCUT2D eigenvalue weighted by Crippen LogP contribution is 2.19. The number of carbonyl (C=O) groups excluding carboxylic acids is 1. The highest BCUT2D eigenvalue weighted by atomic mass is 16.2. The fraction of sp³-hybridized carbons (Fsp3) is 0.417. The van der Waals surface area contributed by atoms with Gasteiger partial charge in [-0.05, 0) is 24.8 Å². The largest absolute Gasteiger partial charge is 0.354 e. The SMILES string of the molecule is NC1(Cc2ccccc2)CCCNC1=O. The third-order valence-electron chi connectivity index (χ3n) is 2.90. The maximum atomic E-state index is 11.7. The zero-order valence-electron chi connectivity index (χ0n) is 8.70. The summed E-state index contributed by atoms with van der Waals surface area (Å²) < 4.78 is 0.